The van der Waals surface area contributed by atoms with Crippen LogP contribution in [0.5, 0.6) is 0 Å². The first-order valence-electron chi connectivity index (χ1n) is 9.34. The summed E-state index contributed by atoms with van der Waals surface area (Å²) in [5.41, 5.74) is 10.4. The van der Waals surface area contributed by atoms with E-state index < -0.39 is 6.10 Å². The minimum absolute atomic E-state index is 0.208. The number of fused-ring (bicyclic) bond motifs is 2. The molecule has 0 aromatic carbocycles. The molecule has 0 bridgehead atoms. The molecular formula is C19H19N9O2. The van der Waals surface area contributed by atoms with Gasteiger partial charge in [-0.3, -0.25) is 4.68 Å². The highest BCUT2D eigenvalue weighted by molar-refractivity contribution is 5.74. The first-order valence-corrected chi connectivity index (χ1v) is 9.34. The number of imidazole rings is 1. The van der Waals surface area contributed by atoms with Crippen LogP contribution < -0.4 is 5.73 Å². The average molecular weight is 405 g/mol. The number of anilines is 1. The topological polar surface area (TPSA) is 145 Å². The lowest BCUT2D eigenvalue weighted by Gasteiger charge is -2.06. The van der Waals surface area contributed by atoms with Crippen molar-refractivity contribution >= 4 is 22.6 Å². The van der Waals surface area contributed by atoms with Crippen molar-refractivity contribution in [3.8, 4) is 11.3 Å². The van der Waals surface area contributed by atoms with Crippen molar-refractivity contribution in [2.75, 3.05) is 12.3 Å². The summed E-state index contributed by atoms with van der Waals surface area (Å²) in [5.74, 6) is 0.469. The molecular weight excluding hydrogens is 386 g/mol. The third kappa shape index (κ3) is 3.36. The molecule has 5 aromatic rings. The Bertz CT molecular complexity index is 1340. The Morgan fingerprint density at radius 1 is 1.07 bits per heavy atom. The number of pyridine rings is 2. The van der Waals surface area contributed by atoms with Gasteiger partial charge in [-0.2, -0.15) is 5.10 Å². The third-order valence-electron chi connectivity index (χ3n) is 4.76. The zero-order chi connectivity index (χ0) is 20.7. The van der Waals surface area contributed by atoms with Gasteiger partial charge in [0.25, 0.3) is 0 Å². The number of aliphatic hydroxyl groups is 2. The van der Waals surface area contributed by atoms with Gasteiger partial charge in [0.1, 0.15) is 17.0 Å². The largest absolute Gasteiger partial charge is 0.394 e. The summed E-state index contributed by atoms with van der Waals surface area (Å²) in [4.78, 5) is 8.94. The van der Waals surface area contributed by atoms with E-state index >= 15 is 0 Å². The van der Waals surface area contributed by atoms with Gasteiger partial charge >= 0.3 is 0 Å². The van der Waals surface area contributed by atoms with Gasteiger partial charge < -0.3 is 20.3 Å². The number of rotatable bonds is 6. The summed E-state index contributed by atoms with van der Waals surface area (Å²) < 4.78 is 5.18. The molecule has 5 rings (SSSR count). The molecule has 5 heterocycles. The lowest BCUT2D eigenvalue weighted by Crippen LogP contribution is -2.19. The lowest BCUT2D eigenvalue weighted by atomic mass is 10.2. The minimum Gasteiger partial charge on any atom is -0.394 e. The van der Waals surface area contributed by atoms with E-state index in [0.717, 1.165) is 16.8 Å². The van der Waals surface area contributed by atoms with Crippen molar-refractivity contribution in [2.45, 2.75) is 19.2 Å². The van der Waals surface area contributed by atoms with Crippen molar-refractivity contribution in [3.05, 3.63) is 54.6 Å². The number of hydrogen-bond acceptors (Lipinski definition) is 8. The summed E-state index contributed by atoms with van der Waals surface area (Å²) in [6.45, 7) is 0.379. The Balaban J connectivity index is 1.45. The Kier molecular flexibility index (Phi) is 4.38. The molecule has 152 valence electrons. The van der Waals surface area contributed by atoms with Crippen LogP contribution in [0.3, 0.4) is 0 Å². The fraction of sp³-hybridized carbons (Fsp3) is 0.211. The second-order valence-corrected chi connectivity index (χ2v) is 7.04. The van der Waals surface area contributed by atoms with Crippen LogP contribution in [0.1, 0.15) is 5.56 Å². The normalized spacial score (nSPS) is 12.7. The highest BCUT2D eigenvalue weighted by Crippen LogP contribution is 2.20. The molecule has 11 nitrogen and oxygen atoms in total. The molecule has 0 aliphatic rings. The van der Waals surface area contributed by atoms with Gasteiger partial charge in [-0.15, -0.1) is 5.10 Å². The molecule has 0 aliphatic carbocycles. The molecule has 5 aromatic heterocycles. The highest BCUT2D eigenvalue weighted by Gasteiger charge is 2.12. The van der Waals surface area contributed by atoms with Crippen LogP contribution in [0.25, 0.3) is 28.1 Å². The highest BCUT2D eigenvalue weighted by atomic mass is 16.3. The van der Waals surface area contributed by atoms with E-state index in [0.29, 0.717) is 29.2 Å². The molecule has 0 aliphatic heterocycles. The van der Waals surface area contributed by atoms with E-state index in [1.807, 2.05) is 34.9 Å². The van der Waals surface area contributed by atoms with Gasteiger partial charge in [-0.05, 0) is 23.8 Å². The SMILES string of the molecule is Nc1cn2cc(Cn3nnc4ccc(-c5cnn(C[C@@H](O)CO)c5)nc43)ccc2n1. The fourth-order valence-corrected chi connectivity index (χ4v) is 3.31. The molecule has 30 heavy (non-hydrogen) atoms. The van der Waals surface area contributed by atoms with Gasteiger partial charge in [-0.25, -0.2) is 14.6 Å². The molecule has 0 spiro atoms. The number of aromatic nitrogens is 8. The average Bonchev–Trinajstić information content (AvgIpc) is 3.45. The fourth-order valence-electron chi connectivity index (χ4n) is 3.31. The smallest absolute Gasteiger partial charge is 0.179 e. The van der Waals surface area contributed by atoms with Crippen molar-refractivity contribution in [3.63, 3.8) is 0 Å². The van der Waals surface area contributed by atoms with Crippen molar-refractivity contribution < 1.29 is 10.2 Å². The van der Waals surface area contributed by atoms with Crippen LogP contribution in [0.4, 0.5) is 5.82 Å². The third-order valence-corrected chi connectivity index (χ3v) is 4.76. The maximum Gasteiger partial charge on any atom is 0.179 e. The molecule has 1 atom stereocenters. The number of nitrogens with zero attached hydrogens (tertiary/aromatic N) is 8. The summed E-state index contributed by atoms with van der Waals surface area (Å²) in [6, 6.07) is 7.58. The summed E-state index contributed by atoms with van der Waals surface area (Å²) in [5, 5.41) is 31.2. The zero-order valence-electron chi connectivity index (χ0n) is 15.9. The second kappa shape index (κ2) is 7.21. The van der Waals surface area contributed by atoms with Crippen molar-refractivity contribution in [1.82, 2.24) is 39.1 Å². The van der Waals surface area contributed by atoms with E-state index in [1.54, 1.807) is 28.0 Å². The molecule has 4 N–H and O–H groups in total. The maximum absolute atomic E-state index is 9.59. The van der Waals surface area contributed by atoms with Crippen LogP contribution in [0, 0.1) is 0 Å². The first-order chi connectivity index (χ1) is 14.6. The molecule has 11 heteroatoms. The zero-order valence-corrected chi connectivity index (χ0v) is 15.9. The summed E-state index contributed by atoms with van der Waals surface area (Å²) >= 11 is 0. The molecule has 0 amide bonds. The van der Waals surface area contributed by atoms with Crippen molar-refractivity contribution in [2.24, 2.45) is 0 Å². The molecule has 0 unspecified atom stereocenters. The van der Waals surface area contributed by atoms with Gasteiger partial charge in [0.2, 0.25) is 0 Å². The molecule has 0 saturated carbocycles. The molecule has 0 fully saturated rings. The number of hydrogen-bond donors (Lipinski definition) is 3. The molecule has 0 saturated heterocycles. The van der Waals surface area contributed by atoms with Gasteiger partial charge in [0, 0.05) is 18.0 Å². The van der Waals surface area contributed by atoms with Crippen LogP contribution in [-0.4, -0.2) is 62.1 Å². The quantitative estimate of drug-likeness (QED) is 0.366. The summed E-state index contributed by atoms with van der Waals surface area (Å²) in [6.07, 6.45) is 6.30. The van der Waals surface area contributed by atoms with Crippen LogP contribution >= 0.6 is 0 Å². The Labute approximate surface area is 170 Å². The number of nitrogen functional groups attached to an aromatic ring is 1. The monoisotopic (exact) mass is 405 g/mol. The van der Waals surface area contributed by atoms with E-state index in [9.17, 15) is 5.11 Å². The number of aliphatic hydroxyl groups excluding tert-OH is 2. The van der Waals surface area contributed by atoms with Gasteiger partial charge in [0.05, 0.1) is 43.9 Å². The van der Waals surface area contributed by atoms with Gasteiger partial charge in [-0.1, -0.05) is 11.3 Å². The standard InChI is InChI=1S/C19H19N9O2/c20-17-10-26-6-12(1-4-18(26)23-17)7-28-19-16(24-25-28)3-2-15(22-19)13-5-21-27(8-13)9-14(30)11-29/h1-6,8,10,14,29-30H,7,9,11,20H2/t14-/m1/s1. The second-order valence-electron chi connectivity index (χ2n) is 7.04. The maximum atomic E-state index is 9.59. The Hall–Kier alpha value is -3.83. The Morgan fingerprint density at radius 2 is 1.97 bits per heavy atom. The first kappa shape index (κ1) is 18.2. The van der Waals surface area contributed by atoms with E-state index in [4.69, 9.17) is 15.8 Å². The number of nitrogens with two attached hydrogens (primary N) is 1. The van der Waals surface area contributed by atoms with E-state index in [2.05, 4.69) is 20.4 Å². The van der Waals surface area contributed by atoms with Crippen molar-refractivity contribution in [1.29, 1.82) is 0 Å². The summed E-state index contributed by atoms with van der Waals surface area (Å²) in [7, 11) is 0. The Morgan fingerprint density at radius 3 is 2.83 bits per heavy atom. The van der Waals surface area contributed by atoms with Gasteiger partial charge in [0.15, 0.2) is 5.65 Å². The minimum atomic E-state index is -0.859. The van der Waals surface area contributed by atoms with Crippen LogP contribution in [-0.2, 0) is 13.1 Å². The van der Waals surface area contributed by atoms with E-state index in [-0.39, 0.29) is 13.2 Å². The van der Waals surface area contributed by atoms with Crippen LogP contribution in [0.2, 0.25) is 0 Å². The predicted octanol–water partition coefficient (Wildman–Crippen LogP) is 0.321. The lowest BCUT2D eigenvalue weighted by molar-refractivity contribution is 0.0783. The molecule has 0 radical (unpaired) electrons. The van der Waals surface area contributed by atoms with Crippen LogP contribution in [0.15, 0.2) is 49.1 Å². The van der Waals surface area contributed by atoms with E-state index in [1.165, 1.54) is 0 Å². The predicted molar refractivity (Wildman–Crippen MR) is 108 cm³/mol.